The number of carbonyl (C=O) groups excluding carboxylic acids is 1. The highest BCUT2D eigenvalue weighted by atomic mass is 35.5. The van der Waals surface area contributed by atoms with E-state index in [2.05, 4.69) is 41.4 Å². The molecule has 1 fully saturated rings. The first-order chi connectivity index (χ1) is 13.5. The highest BCUT2D eigenvalue weighted by molar-refractivity contribution is 6.33. The Morgan fingerprint density at radius 3 is 2.61 bits per heavy atom. The van der Waals surface area contributed by atoms with Crippen LogP contribution < -0.4 is 16.0 Å². The van der Waals surface area contributed by atoms with Gasteiger partial charge in [0.25, 0.3) is 5.91 Å². The quantitative estimate of drug-likeness (QED) is 0.470. The first kappa shape index (κ1) is 19.6. The number of hydrogen-bond donors (Lipinski definition) is 2. The molecule has 1 saturated heterocycles. The average Bonchev–Trinajstić information content (AvgIpc) is 2.69. The number of halogens is 1. The number of piperazine rings is 1. The van der Waals surface area contributed by atoms with Gasteiger partial charge in [-0.25, -0.2) is 0 Å². The normalized spacial score (nSPS) is 14.5. The fraction of sp³-hybridized carbons (Fsp3) is 0.238. The molecule has 28 heavy (non-hydrogen) atoms. The van der Waals surface area contributed by atoms with Crippen molar-refractivity contribution >= 4 is 34.6 Å². The first-order valence-corrected chi connectivity index (χ1v) is 9.38. The number of nitrogens with two attached hydrogens (primary N) is 1. The highest BCUT2D eigenvalue weighted by Crippen LogP contribution is 2.23. The lowest BCUT2D eigenvalue weighted by atomic mass is 10.2. The number of hydrogen-bond acceptors (Lipinski definition) is 5. The molecule has 0 atom stereocenters. The Morgan fingerprint density at radius 1 is 1.21 bits per heavy atom. The second kappa shape index (κ2) is 8.68. The highest BCUT2D eigenvalue weighted by Gasteiger charge is 2.18. The topological polar surface area (TPSA) is 85.4 Å². The van der Waals surface area contributed by atoms with Gasteiger partial charge in [0.2, 0.25) is 0 Å². The largest absolute Gasteiger partial charge is 0.398 e. The molecule has 1 aliphatic heterocycles. The van der Waals surface area contributed by atoms with Crippen molar-refractivity contribution in [2.45, 2.75) is 6.92 Å². The van der Waals surface area contributed by atoms with Gasteiger partial charge in [-0.1, -0.05) is 23.7 Å². The predicted molar refractivity (Wildman–Crippen MR) is 113 cm³/mol. The minimum atomic E-state index is -0.468. The molecule has 0 radical (unpaired) electrons. The SMILES string of the molecule is Cc1cccc(N2CCN(/C=C(/C#N)C(=O)Nc3ccc(N)c(Cl)c3)CC2)c1. The van der Waals surface area contributed by atoms with Crippen LogP contribution in [0.25, 0.3) is 0 Å². The first-order valence-electron chi connectivity index (χ1n) is 9.00. The van der Waals surface area contributed by atoms with E-state index in [1.807, 2.05) is 11.0 Å². The Kier molecular flexibility index (Phi) is 6.07. The molecule has 3 rings (SSSR count). The van der Waals surface area contributed by atoms with Crippen LogP contribution in [0.4, 0.5) is 17.1 Å². The standard InChI is InChI=1S/C21H22ClN5O/c1-15-3-2-4-18(11-15)27-9-7-26(8-10-27)14-16(13-23)21(28)25-17-5-6-20(24)19(22)12-17/h2-6,11-12,14H,7-10,24H2,1H3,(H,25,28)/b16-14-. The molecule has 0 bridgehead atoms. The van der Waals surface area contributed by atoms with E-state index < -0.39 is 5.91 Å². The van der Waals surface area contributed by atoms with Crippen molar-refractivity contribution in [3.63, 3.8) is 0 Å². The van der Waals surface area contributed by atoms with Crippen LogP contribution in [0.5, 0.6) is 0 Å². The van der Waals surface area contributed by atoms with Crippen molar-refractivity contribution in [3.05, 3.63) is 64.8 Å². The summed E-state index contributed by atoms with van der Waals surface area (Å²) >= 11 is 5.97. The van der Waals surface area contributed by atoms with E-state index in [9.17, 15) is 10.1 Å². The Balaban J connectivity index is 1.62. The summed E-state index contributed by atoms with van der Waals surface area (Å²) in [6.45, 7) is 5.20. The molecule has 1 aliphatic rings. The van der Waals surface area contributed by atoms with Crippen LogP contribution in [0.1, 0.15) is 5.56 Å². The van der Waals surface area contributed by atoms with Crippen LogP contribution in [-0.2, 0) is 4.79 Å². The lowest BCUT2D eigenvalue weighted by Crippen LogP contribution is -2.44. The number of nitrogen functional groups attached to an aromatic ring is 1. The minimum Gasteiger partial charge on any atom is -0.398 e. The Labute approximate surface area is 169 Å². The van der Waals surface area contributed by atoms with E-state index >= 15 is 0 Å². The summed E-state index contributed by atoms with van der Waals surface area (Å²) in [6, 6.07) is 15.2. The summed E-state index contributed by atoms with van der Waals surface area (Å²) in [6.07, 6.45) is 1.63. The van der Waals surface area contributed by atoms with Gasteiger partial charge < -0.3 is 20.9 Å². The number of rotatable bonds is 4. The van der Waals surface area contributed by atoms with Crippen LogP contribution in [0.2, 0.25) is 5.02 Å². The Bertz CT molecular complexity index is 942. The Morgan fingerprint density at radius 2 is 1.96 bits per heavy atom. The lowest BCUT2D eigenvalue weighted by molar-refractivity contribution is -0.112. The van der Waals surface area contributed by atoms with Gasteiger partial charge in [-0.05, 0) is 42.8 Å². The van der Waals surface area contributed by atoms with Gasteiger partial charge in [0.15, 0.2) is 0 Å². The molecule has 3 N–H and O–H groups in total. The van der Waals surface area contributed by atoms with Gasteiger partial charge in [-0.3, -0.25) is 4.79 Å². The number of carbonyl (C=O) groups is 1. The molecule has 0 aromatic heterocycles. The molecule has 0 spiro atoms. The van der Waals surface area contributed by atoms with E-state index in [0.717, 1.165) is 26.2 Å². The third kappa shape index (κ3) is 4.76. The summed E-state index contributed by atoms with van der Waals surface area (Å²) in [5.41, 5.74) is 9.08. The number of nitrogens with zero attached hydrogens (tertiary/aromatic N) is 3. The van der Waals surface area contributed by atoms with E-state index in [0.29, 0.717) is 16.4 Å². The summed E-state index contributed by atoms with van der Waals surface area (Å²) in [7, 11) is 0. The van der Waals surface area contributed by atoms with Crippen molar-refractivity contribution in [3.8, 4) is 6.07 Å². The molecule has 0 unspecified atom stereocenters. The summed E-state index contributed by atoms with van der Waals surface area (Å²) in [5, 5.41) is 12.4. The molecule has 1 amide bonds. The van der Waals surface area contributed by atoms with Crippen LogP contribution in [0.15, 0.2) is 54.2 Å². The molecular formula is C21H22ClN5O. The molecule has 7 heteroatoms. The molecule has 6 nitrogen and oxygen atoms in total. The zero-order chi connectivity index (χ0) is 20.1. The van der Waals surface area contributed by atoms with Gasteiger partial charge in [0, 0.05) is 43.8 Å². The van der Waals surface area contributed by atoms with E-state index in [1.165, 1.54) is 11.3 Å². The van der Waals surface area contributed by atoms with Crippen molar-refractivity contribution in [1.29, 1.82) is 5.26 Å². The second-order valence-electron chi connectivity index (χ2n) is 6.71. The number of nitrogens with one attached hydrogen (secondary N) is 1. The van der Waals surface area contributed by atoms with Crippen LogP contribution in [-0.4, -0.2) is 37.0 Å². The smallest absolute Gasteiger partial charge is 0.267 e. The van der Waals surface area contributed by atoms with Crippen molar-refractivity contribution in [1.82, 2.24) is 4.90 Å². The van der Waals surface area contributed by atoms with Gasteiger partial charge in [0.1, 0.15) is 11.6 Å². The molecule has 0 saturated carbocycles. The van der Waals surface area contributed by atoms with E-state index in [4.69, 9.17) is 17.3 Å². The van der Waals surface area contributed by atoms with Crippen LogP contribution >= 0.6 is 11.6 Å². The average molecular weight is 396 g/mol. The van der Waals surface area contributed by atoms with Gasteiger partial charge >= 0.3 is 0 Å². The number of benzene rings is 2. The minimum absolute atomic E-state index is 0.0527. The fourth-order valence-electron chi connectivity index (χ4n) is 3.06. The number of nitriles is 1. The van der Waals surface area contributed by atoms with Gasteiger partial charge in [0.05, 0.1) is 10.7 Å². The summed E-state index contributed by atoms with van der Waals surface area (Å²) in [5.74, 6) is -0.468. The van der Waals surface area contributed by atoms with E-state index in [1.54, 1.807) is 24.4 Å². The van der Waals surface area contributed by atoms with E-state index in [-0.39, 0.29) is 5.57 Å². The number of anilines is 3. The Hall–Kier alpha value is -3.17. The summed E-state index contributed by atoms with van der Waals surface area (Å²) < 4.78 is 0. The molecule has 0 aliphatic carbocycles. The zero-order valence-corrected chi connectivity index (χ0v) is 16.4. The molecule has 2 aromatic rings. The monoisotopic (exact) mass is 395 g/mol. The van der Waals surface area contributed by atoms with Crippen LogP contribution in [0, 0.1) is 18.3 Å². The maximum atomic E-state index is 12.4. The molecular weight excluding hydrogens is 374 g/mol. The third-order valence-electron chi connectivity index (χ3n) is 4.62. The number of aryl methyl sites for hydroxylation is 1. The fourth-order valence-corrected chi connectivity index (χ4v) is 3.24. The van der Waals surface area contributed by atoms with Gasteiger partial charge in [-0.2, -0.15) is 5.26 Å². The maximum absolute atomic E-state index is 12.4. The van der Waals surface area contributed by atoms with Crippen molar-refractivity contribution in [2.24, 2.45) is 0 Å². The molecule has 2 aromatic carbocycles. The lowest BCUT2D eigenvalue weighted by Gasteiger charge is -2.35. The molecule has 1 heterocycles. The van der Waals surface area contributed by atoms with Crippen molar-refractivity contribution in [2.75, 3.05) is 42.1 Å². The number of amides is 1. The van der Waals surface area contributed by atoms with Gasteiger partial charge in [-0.15, -0.1) is 0 Å². The second-order valence-corrected chi connectivity index (χ2v) is 7.11. The van der Waals surface area contributed by atoms with Crippen LogP contribution in [0.3, 0.4) is 0 Å². The maximum Gasteiger partial charge on any atom is 0.267 e. The third-order valence-corrected chi connectivity index (χ3v) is 4.94. The summed E-state index contributed by atoms with van der Waals surface area (Å²) in [4.78, 5) is 16.7. The zero-order valence-electron chi connectivity index (χ0n) is 15.7. The van der Waals surface area contributed by atoms with Crippen molar-refractivity contribution < 1.29 is 4.79 Å². The molecule has 144 valence electrons. The predicted octanol–water partition coefficient (Wildman–Crippen LogP) is 3.40.